The molecule has 4 aromatic rings. The second kappa shape index (κ2) is 9.28. The lowest BCUT2D eigenvalue weighted by Crippen LogP contribution is -2.16. The normalized spacial score (nSPS) is 11.8. The van der Waals surface area contributed by atoms with E-state index in [4.69, 9.17) is 15.9 Å². The lowest BCUT2D eigenvalue weighted by molar-refractivity contribution is 0.102. The van der Waals surface area contributed by atoms with Crippen molar-refractivity contribution in [3.8, 4) is 0 Å². The number of nitrogen functional groups attached to an aromatic ring is 1. The van der Waals surface area contributed by atoms with Crippen LogP contribution in [0.2, 0.25) is 0 Å². The zero-order valence-corrected chi connectivity index (χ0v) is 17.0. The molecule has 0 aliphatic rings. The molecule has 31 heavy (non-hydrogen) atoms. The third-order valence-electron chi connectivity index (χ3n) is 4.97. The molecule has 1 aromatic heterocycles. The maximum absolute atomic E-state index is 12.5. The topological polar surface area (TPSA) is 107 Å². The summed E-state index contributed by atoms with van der Waals surface area (Å²) in [4.78, 5) is 16.8. The summed E-state index contributed by atoms with van der Waals surface area (Å²) >= 11 is 0. The molecule has 0 saturated heterocycles. The number of rotatable bonds is 7. The SMILES string of the molecule is Nc1ccc(Cc2ccc(NC(=O)c3coc(C(N)Cc4ccccc4)n3)cc2)cc1. The van der Waals surface area contributed by atoms with Crippen LogP contribution in [0.4, 0.5) is 11.4 Å². The summed E-state index contributed by atoms with van der Waals surface area (Å²) in [5.74, 6) is 0.000967. The van der Waals surface area contributed by atoms with Gasteiger partial charge in [-0.3, -0.25) is 4.79 Å². The van der Waals surface area contributed by atoms with Crippen molar-refractivity contribution in [2.24, 2.45) is 5.73 Å². The zero-order valence-electron chi connectivity index (χ0n) is 17.0. The minimum absolute atomic E-state index is 0.199. The predicted molar refractivity (Wildman–Crippen MR) is 122 cm³/mol. The van der Waals surface area contributed by atoms with E-state index in [9.17, 15) is 4.79 Å². The largest absolute Gasteiger partial charge is 0.446 e. The third kappa shape index (κ3) is 5.38. The van der Waals surface area contributed by atoms with Crippen LogP contribution in [0.3, 0.4) is 0 Å². The molecule has 5 N–H and O–H groups in total. The highest BCUT2D eigenvalue weighted by Crippen LogP contribution is 2.18. The second-order valence-corrected chi connectivity index (χ2v) is 7.44. The summed E-state index contributed by atoms with van der Waals surface area (Å²) in [6, 6.07) is 24.9. The highest BCUT2D eigenvalue weighted by atomic mass is 16.3. The minimum Gasteiger partial charge on any atom is -0.446 e. The first kappa shape index (κ1) is 20.4. The van der Waals surface area contributed by atoms with E-state index in [0.717, 1.165) is 23.2 Å². The van der Waals surface area contributed by atoms with Crippen LogP contribution in [0.5, 0.6) is 0 Å². The van der Waals surface area contributed by atoms with Crippen molar-refractivity contribution in [2.75, 3.05) is 11.1 Å². The predicted octanol–water partition coefficient (Wildman–Crippen LogP) is 4.34. The van der Waals surface area contributed by atoms with Crippen molar-refractivity contribution >= 4 is 17.3 Å². The highest BCUT2D eigenvalue weighted by Gasteiger charge is 2.17. The zero-order chi connectivity index (χ0) is 21.6. The summed E-state index contributed by atoms with van der Waals surface area (Å²) in [6.07, 6.45) is 2.71. The summed E-state index contributed by atoms with van der Waals surface area (Å²) in [6.45, 7) is 0. The molecule has 3 aromatic carbocycles. The van der Waals surface area contributed by atoms with Gasteiger partial charge in [-0.25, -0.2) is 4.98 Å². The summed E-state index contributed by atoms with van der Waals surface area (Å²) in [7, 11) is 0. The van der Waals surface area contributed by atoms with Crippen LogP contribution in [0.1, 0.15) is 39.1 Å². The fraction of sp³-hybridized carbons (Fsp3) is 0.120. The van der Waals surface area contributed by atoms with Crippen molar-refractivity contribution in [3.63, 3.8) is 0 Å². The van der Waals surface area contributed by atoms with Crippen molar-refractivity contribution in [1.29, 1.82) is 0 Å². The lowest BCUT2D eigenvalue weighted by Gasteiger charge is -2.07. The van der Waals surface area contributed by atoms with Gasteiger partial charge < -0.3 is 21.2 Å². The number of anilines is 2. The van der Waals surface area contributed by atoms with E-state index in [1.54, 1.807) is 0 Å². The van der Waals surface area contributed by atoms with Gasteiger partial charge in [-0.1, -0.05) is 54.6 Å². The fourth-order valence-corrected chi connectivity index (χ4v) is 3.29. The molecule has 1 unspecified atom stereocenters. The summed E-state index contributed by atoms with van der Waals surface area (Å²) in [5.41, 5.74) is 16.9. The number of amides is 1. The molecule has 6 heteroatoms. The van der Waals surface area contributed by atoms with Gasteiger partial charge in [0.2, 0.25) is 5.89 Å². The number of oxazole rings is 1. The van der Waals surface area contributed by atoms with E-state index in [2.05, 4.69) is 10.3 Å². The molecule has 0 aliphatic heterocycles. The fourth-order valence-electron chi connectivity index (χ4n) is 3.29. The van der Waals surface area contributed by atoms with E-state index >= 15 is 0 Å². The van der Waals surface area contributed by atoms with Crippen molar-refractivity contribution in [1.82, 2.24) is 4.98 Å². The van der Waals surface area contributed by atoms with E-state index in [0.29, 0.717) is 18.0 Å². The molecular weight excluding hydrogens is 388 g/mol. The molecule has 0 spiro atoms. The Morgan fingerprint density at radius 2 is 1.55 bits per heavy atom. The van der Waals surface area contributed by atoms with Crippen LogP contribution < -0.4 is 16.8 Å². The van der Waals surface area contributed by atoms with Gasteiger partial charge in [0.1, 0.15) is 6.26 Å². The Hall–Kier alpha value is -3.90. The first-order chi connectivity index (χ1) is 15.1. The number of hydrogen-bond donors (Lipinski definition) is 3. The molecule has 1 atom stereocenters. The second-order valence-electron chi connectivity index (χ2n) is 7.44. The van der Waals surface area contributed by atoms with E-state index in [-0.39, 0.29) is 11.6 Å². The van der Waals surface area contributed by atoms with Gasteiger partial charge >= 0.3 is 0 Å². The molecule has 1 amide bonds. The monoisotopic (exact) mass is 412 g/mol. The summed E-state index contributed by atoms with van der Waals surface area (Å²) in [5, 5.41) is 2.84. The van der Waals surface area contributed by atoms with Gasteiger partial charge in [-0.2, -0.15) is 0 Å². The number of carbonyl (C=O) groups excluding carboxylic acids is 1. The Morgan fingerprint density at radius 1 is 0.903 bits per heavy atom. The molecule has 4 rings (SSSR count). The number of nitrogens with two attached hydrogens (primary N) is 2. The van der Waals surface area contributed by atoms with Gasteiger partial charge in [0.15, 0.2) is 5.69 Å². The van der Waals surface area contributed by atoms with Gasteiger partial charge in [0.25, 0.3) is 5.91 Å². The van der Waals surface area contributed by atoms with Crippen molar-refractivity contribution in [3.05, 3.63) is 113 Å². The number of nitrogens with zero attached hydrogens (tertiary/aromatic N) is 1. The number of aromatic nitrogens is 1. The lowest BCUT2D eigenvalue weighted by atomic mass is 10.0. The molecule has 6 nitrogen and oxygen atoms in total. The number of carbonyl (C=O) groups is 1. The molecule has 0 fully saturated rings. The minimum atomic E-state index is -0.420. The molecule has 1 heterocycles. The Labute approximate surface area is 180 Å². The molecule has 0 aliphatic carbocycles. The number of hydrogen-bond acceptors (Lipinski definition) is 5. The Balaban J connectivity index is 1.35. The maximum atomic E-state index is 12.5. The molecule has 0 bridgehead atoms. The number of benzene rings is 3. The smallest absolute Gasteiger partial charge is 0.277 e. The van der Waals surface area contributed by atoms with Crippen LogP contribution in [0, 0.1) is 0 Å². The van der Waals surface area contributed by atoms with Gasteiger partial charge in [0.05, 0.1) is 6.04 Å². The molecular formula is C25H24N4O2. The third-order valence-corrected chi connectivity index (χ3v) is 4.97. The first-order valence-electron chi connectivity index (χ1n) is 10.1. The van der Waals surface area contributed by atoms with Crippen LogP contribution in [-0.2, 0) is 12.8 Å². The average Bonchev–Trinajstić information content (AvgIpc) is 3.28. The highest BCUT2D eigenvalue weighted by molar-refractivity contribution is 6.02. The number of nitrogens with one attached hydrogen (secondary N) is 1. The first-order valence-corrected chi connectivity index (χ1v) is 10.1. The van der Waals surface area contributed by atoms with Gasteiger partial charge in [-0.05, 0) is 53.8 Å². The van der Waals surface area contributed by atoms with Gasteiger partial charge in [0, 0.05) is 11.4 Å². The van der Waals surface area contributed by atoms with Crippen LogP contribution in [-0.4, -0.2) is 10.9 Å². The van der Waals surface area contributed by atoms with Crippen molar-refractivity contribution in [2.45, 2.75) is 18.9 Å². The van der Waals surface area contributed by atoms with Gasteiger partial charge in [-0.15, -0.1) is 0 Å². The van der Waals surface area contributed by atoms with Crippen LogP contribution >= 0.6 is 0 Å². The van der Waals surface area contributed by atoms with Crippen LogP contribution in [0.15, 0.2) is 89.5 Å². The average molecular weight is 412 g/mol. The Kier molecular flexibility index (Phi) is 6.10. The Bertz CT molecular complexity index is 1140. The van der Waals surface area contributed by atoms with Crippen LogP contribution in [0.25, 0.3) is 0 Å². The summed E-state index contributed by atoms with van der Waals surface area (Å²) < 4.78 is 5.45. The van der Waals surface area contributed by atoms with E-state index in [1.807, 2.05) is 78.9 Å². The molecule has 0 saturated carbocycles. The standard InChI is InChI=1S/C25H24N4O2/c26-20-10-6-18(7-11-20)14-19-8-12-21(13-9-19)28-24(30)23-16-31-25(29-23)22(27)15-17-4-2-1-3-5-17/h1-13,16,22H,14-15,26-27H2,(H,28,30). The van der Waals surface area contributed by atoms with Crippen molar-refractivity contribution < 1.29 is 9.21 Å². The molecule has 156 valence electrons. The quantitative estimate of drug-likeness (QED) is 0.391. The van der Waals surface area contributed by atoms with E-state index < -0.39 is 6.04 Å². The maximum Gasteiger partial charge on any atom is 0.277 e. The Morgan fingerprint density at radius 3 is 2.23 bits per heavy atom. The van der Waals surface area contributed by atoms with E-state index in [1.165, 1.54) is 11.8 Å². The molecule has 0 radical (unpaired) electrons.